The SMILES string of the molecule is Cc1ccc([NH+]=C(N)N[N+](=O)[O-])cc1NC(=O)c1ccoc1. The molecule has 0 spiro atoms. The second-order valence-corrected chi connectivity index (χ2v) is 4.40. The van der Waals surface area contributed by atoms with Gasteiger partial charge in [-0.05, 0) is 24.6 Å². The molecule has 0 saturated heterocycles. The van der Waals surface area contributed by atoms with Gasteiger partial charge in [0.25, 0.3) is 5.91 Å². The molecule has 1 aromatic carbocycles. The van der Waals surface area contributed by atoms with E-state index in [1.54, 1.807) is 29.7 Å². The van der Waals surface area contributed by atoms with E-state index in [0.717, 1.165) is 5.56 Å². The summed E-state index contributed by atoms with van der Waals surface area (Å²) in [4.78, 5) is 24.9. The first-order valence-corrected chi connectivity index (χ1v) is 6.20. The van der Waals surface area contributed by atoms with Crippen molar-refractivity contribution in [2.75, 3.05) is 5.32 Å². The predicted octanol–water partition coefficient (Wildman–Crippen LogP) is -0.352. The third-order valence-corrected chi connectivity index (χ3v) is 2.76. The quantitative estimate of drug-likeness (QED) is 0.264. The van der Waals surface area contributed by atoms with Crippen molar-refractivity contribution in [3.8, 4) is 0 Å². The van der Waals surface area contributed by atoms with Gasteiger partial charge in [-0.1, -0.05) is 6.07 Å². The summed E-state index contributed by atoms with van der Waals surface area (Å²) in [6.45, 7) is 1.82. The molecule has 0 bridgehead atoms. The first-order chi connectivity index (χ1) is 10.5. The van der Waals surface area contributed by atoms with Crippen molar-refractivity contribution in [3.05, 3.63) is 58.0 Å². The predicted molar refractivity (Wildman–Crippen MR) is 77.8 cm³/mol. The minimum Gasteiger partial charge on any atom is -0.472 e. The Labute approximate surface area is 124 Å². The van der Waals surface area contributed by atoms with Crippen LogP contribution in [0.15, 0.2) is 41.2 Å². The Balaban J connectivity index is 2.20. The number of hydrogen-bond donors (Lipinski definition) is 4. The molecule has 0 unspecified atom stereocenters. The highest BCUT2D eigenvalue weighted by molar-refractivity contribution is 6.04. The van der Waals surface area contributed by atoms with Gasteiger partial charge in [0, 0.05) is 17.2 Å². The molecule has 0 aliphatic heterocycles. The molecule has 2 aromatic rings. The zero-order valence-electron chi connectivity index (χ0n) is 11.6. The molecule has 0 aliphatic carbocycles. The fourth-order valence-corrected chi connectivity index (χ4v) is 1.70. The summed E-state index contributed by atoms with van der Waals surface area (Å²) >= 11 is 0. The first kappa shape index (κ1) is 15.0. The molecule has 0 saturated carbocycles. The van der Waals surface area contributed by atoms with Crippen LogP contribution in [-0.2, 0) is 0 Å². The van der Waals surface area contributed by atoms with Crippen molar-refractivity contribution in [2.24, 2.45) is 5.73 Å². The first-order valence-electron chi connectivity index (χ1n) is 6.20. The van der Waals surface area contributed by atoms with Crippen molar-refractivity contribution >= 4 is 23.2 Å². The Morgan fingerprint density at radius 2 is 2.18 bits per heavy atom. The van der Waals surface area contributed by atoms with Gasteiger partial charge in [0.05, 0.1) is 11.8 Å². The standard InChI is InChI=1S/C13H13N5O4/c1-8-2-3-10(15-13(14)17-18(20)21)6-11(8)16-12(19)9-4-5-22-7-9/h2-7H,1H3,(H,16,19)(H3,14,15,17)/p+1. The number of carbonyl (C=O) groups is 1. The summed E-state index contributed by atoms with van der Waals surface area (Å²) in [6, 6.07) is 6.57. The van der Waals surface area contributed by atoms with Gasteiger partial charge >= 0.3 is 5.96 Å². The van der Waals surface area contributed by atoms with E-state index in [0.29, 0.717) is 16.9 Å². The summed E-state index contributed by atoms with van der Waals surface area (Å²) in [5, 5.41) is 12.2. The molecule has 0 aliphatic rings. The van der Waals surface area contributed by atoms with E-state index in [1.165, 1.54) is 12.5 Å². The lowest BCUT2D eigenvalue weighted by Crippen LogP contribution is -2.74. The Kier molecular flexibility index (Phi) is 4.37. The average Bonchev–Trinajstić information content (AvgIpc) is 2.95. The van der Waals surface area contributed by atoms with Crippen LogP contribution in [0.1, 0.15) is 15.9 Å². The van der Waals surface area contributed by atoms with Crippen molar-refractivity contribution < 1.29 is 19.2 Å². The molecule has 0 atom stereocenters. The lowest BCUT2D eigenvalue weighted by molar-refractivity contribution is -0.536. The summed E-state index contributed by atoms with van der Waals surface area (Å²) in [7, 11) is 0. The fourth-order valence-electron chi connectivity index (χ4n) is 1.70. The maximum atomic E-state index is 12.0. The molecule has 9 heteroatoms. The average molecular weight is 304 g/mol. The number of carbonyl (C=O) groups excluding carboxylic acids is 1. The summed E-state index contributed by atoms with van der Waals surface area (Å²) in [5.41, 5.74) is 9.46. The van der Waals surface area contributed by atoms with Gasteiger partial charge in [-0.3, -0.25) is 10.5 Å². The largest absolute Gasteiger partial charge is 0.472 e. The van der Waals surface area contributed by atoms with Crippen LogP contribution in [0.3, 0.4) is 0 Å². The molecule has 0 fully saturated rings. The molecule has 114 valence electrons. The molecule has 9 nitrogen and oxygen atoms in total. The van der Waals surface area contributed by atoms with Gasteiger partial charge in [-0.25, -0.2) is 15.1 Å². The zero-order valence-corrected chi connectivity index (χ0v) is 11.6. The summed E-state index contributed by atoms with van der Waals surface area (Å²) < 4.78 is 4.85. The van der Waals surface area contributed by atoms with Crippen LogP contribution in [-0.4, -0.2) is 16.9 Å². The number of nitro groups is 1. The van der Waals surface area contributed by atoms with E-state index >= 15 is 0 Å². The zero-order chi connectivity index (χ0) is 16.1. The Morgan fingerprint density at radius 3 is 2.82 bits per heavy atom. The highest BCUT2D eigenvalue weighted by Gasteiger charge is 2.11. The minimum absolute atomic E-state index is 0.235. The second-order valence-electron chi connectivity index (χ2n) is 4.40. The Morgan fingerprint density at radius 1 is 1.41 bits per heavy atom. The molecule has 5 N–H and O–H groups in total. The lowest BCUT2D eigenvalue weighted by Gasteiger charge is -2.07. The van der Waals surface area contributed by atoms with Gasteiger partial charge in [-0.2, -0.15) is 0 Å². The smallest absolute Gasteiger partial charge is 0.408 e. The maximum Gasteiger partial charge on any atom is 0.408 e. The van der Waals surface area contributed by atoms with Gasteiger partial charge < -0.3 is 9.73 Å². The lowest BCUT2D eigenvalue weighted by atomic mass is 10.1. The van der Waals surface area contributed by atoms with Crippen molar-refractivity contribution in [1.82, 2.24) is 5.43 Å². The fraction of sp³-hybridized carbons (Fsp3) is 0.0769. The number of hydrazine groups is 1. The maximum absolute atomic E-state index is 12.0. The van der Waals surface area contributed by atoms with Crippen LogP contribution >= 0.6 is 0 Å². The van der Waals surface area contributed by atoms with Gasteiger partial charge in [0.15, 0.2) is 0 Å². The molecule has 1 heterocycles. The second kappa shape index (κ2) is 6.39. The Bertz CT molecular complexity index is 724. The minimum atomic E-state index is -0.780. The number of rotatable bonds is 4. The number of guanidine groups is 1. The number of furan rings is 1. The van der Waals surface area contributed by atoms with Crippen LogP contribution in [0.25, 0.3) is 0 Å². The molecule has 1 amide bonds. The molecule has 22 heavy (non-hydrogen) atoms. The number of nitrogens with one attached hydrogen (secondary N) is 3. The van der Waals surface area contributed by atoms with E-state index < -0.39 is 5.03 Å². The highest BCUT2D eigenvalue weighted by Crippen LogP contribution is 2.18. The number of amides is 1. The number of benzene rings is 1. The van der Waals surface area contributed by atoms with Crippen LogP contribution in [0, 0.1) is 17.0 Å². The van der Waals surface area contributed by atoms with Gasteiger partial charge in [-0.15, -0.1) is 0 Å². The van der Waals surface area contributed by atoms with E-state index in [-0.39, 0.29) is 11.9 Å². The van der Waals surface area contributed by atoms with E-state index in [2.05, 4.69) is 10.3 Å². The van der Waals surface area contributed by atoms with Gasteiger partial charge in [0.2, 0.25) is 5.03 Å². The van der Waals surface area contributed by atoms with Crippen LogP contribution < -0.4 is 21.5 Å². The van der Waals surface area contributed by atoms with Gasteiger partial charge in [0.1, 0.15) is 12.0 Å². The van der Waals surface area contributed by atoms with E-state index in [1.807, 2.05) is 6.92 Å². The molecule has 1 aromatic heterocycles. The topological polar surface area (TPSA) is 137 Å². The van der Waals surface area contributed by atoms with E-state index in [4.69, 9.17) is 10.2 Å². The van der Waals surface area contributed by atoms with E-state index in [9.17, 15) is 14.9 Å². The van der Waals surface area contributed by atoms with Crippen molar-refractivity contribution in [2.45, 2.75) is 6.92 Å². The highest BCUT2D eigenvalue weighted by atomic mass is 16.7. The monoisotopic (exact) mass is 304 g/mol. The van der Waals surface area contributed by atoms with Crippen LogP contribution in [0.5, 0.6) is 0 Å². The molecular formula is C13H14N5O4+. The third kappa shape index (κ3) is 3.82. The third-order valence-electron chi connectivity index (χ3n) is 2.76. The number of nitrogens with zero attached hydrogens (tertiary/aromatic N) is 1. The van der Waals surface area contributed by atoms with Crippen molar-refractivity contribution in [1.29, 1.82) is 0 Å². The van der Waals surface area contributed by atoms with Crippen LogP contribution in [0.4, 0.5) is 11.4 Å². The summed E-state index contributed by atoms with van der Waals surface area (Å²) in [6.07, 6.45) is 2.73. The number of hydrogen-bond acceptors (Lipinski definition) is 4. The number of nitrogens with two attached hydrogens (primary N) is 1. The molecule has 2 rings (SSSR count). The molecule has 0 radical (unpaired) electrons. The number of anilines is 1. The number of aryl methyl sites for hydroxylation is 1. The Hall–Kier alpha value is -3.36. The van der Waals surface area contributed by atoms with Crippen molar-refractivity contribution in [3.63, 3.8) is 0 Å². The van der Waals surface area contributed by atoms with Crippen LogP contribution in [0.2, 0.25) is 0 Å². The molecular weight excluding hydrogens is 290 g/mol. The summed E-state index contributed by atoms with van der Waals surface area (Å²) in [5.74, 6) is -0.560. The normalized spacial score (nSPS) is 11.0.